The third-order valence-corrected chi connectivity index (χ3v) is 5.02. The molecule has 0 aliphatic rings. The zero-order valence-corrected chi connectivity index (χ0v) is 14.5. The van der Waals surface area contributed by atoms with Gasteiger partial charge in [-0.05, 0) is 36.6 Å². The average Bonchev–Trinajstić information content (AvgIpc) is 2.47. The third-order valence-electron chi connectivity index (χ3n) is 3.55. The van der Waals surface area contributed by atoms with Gasteiger partial charge in [0, 0.05) is 6.54 Å². The highest BCUT2D eigenvalue weighted by Crippen LogP contribution is 2.10. The number of carbonyl (C=O) groups excluding carboxylic acids is 1. The van der Waals surface area contributed by atoms with Crippen molar-refractivity contribution in [2.45, 2.75) is 26.1 Å². The number of aryl methyl sites for hydroxylation is 2. The van der Waals surface area contributed by atoms with E-state index in [-0.39, 0.29) is 18.1 Å². The lowest BCUT2D eigenvalue weighted by molar-refractivity contribution is -0.118. The molecule has 0 aliphatic heterocycles. The number of hydrogen-bond donors (Lipinski definition) is 1. The Bertz CT molecular complexity index is 847. The quantitative estimate of drug-likeness (QED) is 0.872. The lowest BCUT2D eigenvalue weighted by Crippen LogP contribution is -2.30. The summed E-state index contributed by atoms with van der Waals surface area (Å²) in [5, 5.41) is 2.51. The topological polar surface area (TPSA) is 63.2 Å². The second kappa shape index (κ2) is 7.57. The van der Waals surface area contributed by atoms with E-state index in [1.165, 1.54) is 6.07 Å². The minimum Gasteiger partial charge on any atom is -0.351 e. The van der Waals surface area contributed by atoms with Crippen molar-refractivity contribution < 1.29 is 17.6 Å². The van der Waals surface area contributed by atoms with Gasteiger partial charge in [0.25, 0.3) is 0 Å². The molecular weight excluding hydrogens is 329 g/mol. The molecule has 2 rings (SSSR count). The maximum atomic E-state index is 13.4. The van der Waals surface area contributed by atoms with Gasteiger partial charge in [-0.3, -0.25) is 4.79 Å². The number of halogens is 1. The molecule has 0 atom stereocenters. The summed E-state index contributed by atoms with van der Waals surface area (Å²) >= 11 is 0. The summed E-state index contributed by atoms with van der Waals surface area (Å²) in [6.07, 6.45) is 0. The van der Waals surface area contributed by atoms with Gasteiger partial charge in [-0.1, -0.05) is 42.0 Å². The predicted octanol–water partition coefficient (Wildman–Crippen LogP) is 2.67. The summed E-state index contributed by atoms with van der Waals surface area (Å²) in [5.41, 5.74) is 2.73. The first-order valence-electron chi connectivity index (χ1n) is 7.53. The van der Waals surface area contributed by atoms with Gasteiger partial charge in [0.2, 0.25) is 5.91 Å². The fourth-order valence-electron chi connectivity index (χ4n) is 2.30. The number of carbonyl (C=O) groups is 1. The fourth-order valence-corrected chi connectivity index (χ4v) is 3.60. The molecule has 0 radical (unpaired) electrons. The normalized spacial score (nSPS) is 11.3. The summed E-state index contributed by atoms with van der Waals surface area (Å²) in [6, 6.07) is 11.8. The molecule has 1 N–H and O–H groups in total. The SMILES string of the molecule is Cc1cccc(CS(=O)(=O)CC(=O)NCc2ccc(C)c(F)c2)c1. The summed E-state index contributed by atoms with van der Waals surface area (Å²) in [4.78, 5) is 11.9. The number of benzene rings is 2. The molecular formula is C18H20FNO3S. The molecule has 0 bridgehead atoms. The van der Waals surface area contributed by atoms with Gasteiger partial charge in [-0.15, -0.1) is 0 Å². The van der Waals surface area contributed by atoms with E-state index in [0.717, 1.165) is 5.56 Å². The smallest absolute Gasteiger partial charge is 0.235 e. The second-order valence-corrected chi connectivity index (χ2v) is 7.95. The van der Waals surface area contributed by atoms with Crippen molar-refractivity contribution in [1.82, 2.24) is 5.32 Å². The van der Waals surface area contributed by atoms with E-state index in [4.69, 9.17) is 0 Å². The van der Waals surface area contributed by atoms with Gasteiger partial charge in [0.15, 0.2) is 9.84 Å². The van der Waals surface area contributed by atoms with Crippen molar-refractivity contribution in [2.75, 3.05) is 5.75 Å². The highest BCUT2D eigenvalue weighted by atomic mass is 32.2. The molecule has 0 saturated carbocycles. The number of hydrogen-bond acceptors (Lipinski definition) is 3. The van der Waals surface area contributed by atoms with Crippen LogP contribution in [0.2, 0.25) is 0 Å². The monoisotopic (exact) mass is 349 g/mol. The second-order valence-electron chi connectivity index (χ2n) is 5.88. The van der Waals surface area contributed by atoms with E-state index in [0.29, 0.717) is 16.7 Å². The Kier molecular flexibility index (Phi) is 5.72. The van der Waals surface area contributed by atoms with Gasteiger partial charge in [0.1, 0.15) is 11.6 Å². The first-order chi connectivity index (χ1) is 11.2. The number of nitrogens with one attached hydrogen (secondary N) is 1. The van der Waals surface area contributed by atoms with Crippen LogP contribution in [0.5, 0.6) is 0 Å². The molecule has 6 heteroatoms. The van der Waals surface area contributed by atoms with Crippen molar-refractivity contribution >= 4 is 15.7 Å². The van der Waals surface area contributed by atoms with Gasteiger partial charge >= 0.3 is 0 Å². The maximum absolute atomic E-state index is 13.4. The average molecular weight is 349 g/mol. The van der Waals surface area contributed by atoms with Crippen molar-refractivity contribution in [3.05, 3.63) is 70.5 Å². The summed E-state index contributed by atoms with van der Waals surface area (Å²) < 4.78 is 37.7. The molecule has 0 heterocycles. The van der Waals surface area contributed by atoms with Crippen molar-refractivity contribution in [1.29, 1.82) is 0 Å². The number of amides is 1. The van der Waals surface area contributed by atoms with Crippen LogP contribution in [0.1, 0.15) is 22.3 Å². The van der Waals surface area contributed by atoms with Crippen LogP contribution in [0.25, 0.3) is 0 Å². The van der Waals surface area contributed by atoms with Crippen LogP contribution in [-0.4, -0.2) is 20.1 Å². The van der Waals surface area contributed by atoms with Crippen LogP contribution < -0.4 is 5.32 Å². The summed E-state index contributed by atoms with van der Waals surface area (Å²) in [6.45, 7) is 3.62. The number of sulfone groups is 1. The minimum atomic E-state index is -3.56. The van der Waals surface area contributed by atoms with Crippen LogP contribution >= 0.6 is 0 Å². The van der Waals surface area contributed by atoms with E-state index in [1.807, 2.05) is 13.0 Å². The minimum absolute atomic E-state index is 0.0933. The van der Waals surface area contributed by atoms with Gasteiger partial charge in [-0.25, -0.2) is 12.8 Å². The Morgan fingerprint density at radius 1 is 1.08 bits per heavy atom. The van der Waals surface area contributed by atoms with Crippen LogP contribution in [0, 0.1) is 19.7 Å². The predicted molar refractivity (Wildman–Crippen MR) is 91.7 cm³/mol. The van der Waals surface area contributed by atoms with E-state index >= 15 is 0 Å². The molecule has 0 aromatic heterocycles. The zero-order valence-electron chi connectivity index (χ0n) is 13.7. The molecule has 0 saturated heterocycles. The summed E-state index contributed by atoms with van der Waals surface area (Å²) in [5.74, 6) is -1.71. The van der Waals surface area contributed by atoms with E-state index in [1.54, 1.807) is 37.3 Å². The standard InChI is InChI=1S/C18H20FNO3S/c1-13-4-3-5-16(8-13)11-24(22,23)12-18(21)20-10-15-7-6-14(2)17(19)9-15/h3-9H,10-12H2,1-2H3,(H,20,21). The largest absolute Gasteiger partial charge is 0.351 e. The maximum Gasteiger partial charge on any atom is 0.235 e. The van der Waals surface area contributed by atoms with Crippen molar-refractivity contribution in [3.8, 4) is 0 Å². The first kappa shape index (κ1) is 18.1. The molecule has 2 aromatic rings. The van der Waals surface area contributed by atoms with E-state index in [2.05, 4.69) is 5.32 Å². The Labute approximate surface area is 141 Å². The Morgan fingerprint density at radius 2 is 1.83 bits per heavy atom. The third kappa shape index (κ3) is 5.45. The highest BCUT2D eigenvalue weighted by molar-refractivity contribution is 7.91. The molecule has 0 aliphatic carbocycles. The van der Waals surface area contributed by atoms with Crippen LogP contribution in [-0.2, 0) is 26.9 Å². The molecule has 0 spiro atoms. The Balaban J connectivity index is 1.92. The Hall–Kier alpha value is -2.21. The molecule has 4 nitrogen and oxygen atoms in total. The summed E-state index contributed by atoms with van der Waals surface area (Å²) in [7, 11) is -3.56. The van der Waals surface area contributed by atoms with Gasteiger partial charge < -0.3 is 5.32 Å². The van der Waals surface area contributed by atoms with Crippen LogP contribution in [0.4, 0.5) is 4.39 Å². The van der Waals surface area contributed by atoms with Crippen molar-refractivity contribution in [3.63, 3.8) is 0 Å². The molecule has 24 heavy (non-hydrogen) atoms. The molecule has 0 fully saturated rings. The van der Waals surface area contributed by atoms with Gasteiger partial charge in [0.05, 0.1) is 5.75 Å². The van der Waals surface area contributed by atoms with E-state index < -0.39 is 21.5 Å². The van der Waals surface area contributed by atoms with Crippen LogP contribution in [0.15, 0.2) is 42.5 Å². The van der Waals surface area contributed by atoms with Crippen LogP contribution in [0.3, 0.4) is 0 Å². The first-order valence-corrected chi connectivity index (χ1v) is 9.35. The van der Waals surface area contributed by atoms with E-state index in [9.17, 15) is 17.6 Å². The molecule has 128 valence electrons. The molecule has 0 unspecified atom stereocenters. The fraction of sp³-hybridized carbons (Fsp3) is 0.278. The lowest BCUT2D eigenvalue weighted by atomic mass is 10.1. The highest BCUT2D eigenvalue weighted by Gasteiger charge is 2.17. The number of rotatable bonds is 6. The molecule has 2 aromatic carbocycles. The Morgan fingerprint density at radius 3 is 2.50 bits per heavy atom. The van der Waals surface area contributed by atoms with Gasteiger partial charge in [-0.2, -0.15) is 0 Å². The lowest BCUT2D eigenvalue weighted by Gasteiger charge is -2.08. The zero-order chi connectivity index (χ0) is 17.7. The van der Waals surface area contributed by atoms with Crippen molar-refractivity contribution in [2.24, 2.45) is 0 Å². The molecule has 1 amide bonds.